The van der Waals surface area contributed by atoms with E-state index in [0.29, 0.717) is 17.9 Å². The van der Waals surface area contributed by atoms with Gasteiger partial charge in [-0.05, 0) is 66.3 Å². The summed E-state index contributed by atoms with van der Waals surface area (Å²) < 4.78 is 0. The number of nitrogens with one attached hydrogen (secondary N) is 2. The Morgan fingerprint density at radius 2 is 1.85 bits per heavy atom. The first kappa shape index (κ1) is 26.3. The summed E-state index contributed by atoms with van der Waals surface area (Å²) in [5.74, 6) is -0.943. The Kier molecular flexibility index (Phi) is 9.57. The molecule has 0 radical (unpaired) electrons. The maximum Gasteiger partial charge on any atom is 0.475 e. The van der Waals surface area contributed by atoms with Crippen molar-refractivity contribution in [3.05, 3.63) is 70.2 Å². The fourth-order valence-corrected chi connectivity index (χ4v) is 4.93. The summed E-state index contributed by atoms with van der Waals surface area (Å²) in [6.07, 6.45) is 3.79. The monoisotopic (exact) mass is 484 g/mol. The molecule has 182 valence electrons. The topological polar surface area (TPSA) is 98.7 Å². The summed E-state index contributed by atoms with van der Waals surface area (Å²) in [5.41, 5.74) is 3.26. The van der Waals surface area contributed by atoms with Crippen molar-refractivity contribution in [2.24, 2.45) is 5.92 Å². The molecule has 0 spiro atoms. The van der Waals surface area contributed by atoms with Crippen molar-refractivity contribution in [1.29, 1.82) is 0 Å². The van der Waals surface area contributed by atoms with E-state index < -0.39 is 19.1 Å². The third-order valence-corrected chi connectivity index (χ3v) is 6.57. The molecule has 3 atom stereocenters. The first-order valence-corrected chi connectivity index (χ1v) is 12.4. The fourth-order valence-electron chi connectivity index (χ4n) is 4.73. The predicted octanol–water partition coefficient (Wildman–Crippen LogP) is 3.94. The minimum atomic E-state index is -1.66. The van der Waals surface area contributed by atoms with Crippen LogP contribution in [-0.4, -0.2) is 34.9 Å². The van der Waals surface area contributed by atoms with Gasteiger partial charge in [-0.25, -0.2) is 0 Å². The maximum atomic E-state index is 13.1. The number of benzene rings is 2. The Morgan fingerprint density at radius 1 is 1.09 bits per heavy atom. The van der Waals surface area contributed by atoms with Crippen LogP contribution in [0.15, 0.2) is 48.5 Å². The maximum absolute atomic E-state index is 13.1. The summed E-state index contributed by atoms with van der Waals surface area (Å²) in [6.45, 7) is 3.89. The number of amides is 2. The molecule has 1 aliphatic carbocycles. The number of rotatable bonds is 10. The average molecular weight is 485 g/mol. The molecule has 2 aromatic carbocycles. The van der Waals surface area contributed by atoms with Crippen molar-refractivity contribution in [2.45, 2.75) is 70.3 Å². The van der Waals surface area contributed by atoms with Crippen molar-refractivity contribution in [2.75, 3.05) is 0 Å². The van der Waals surface area contributed by atoms with E-state index in [9.17, 15) is 19.6 Å². The third kappa shape index (κ3) is 7.59. The molecule has 0 saturated carbocycles. The van der Waals surface area contributed by atoms with E-state index in [2.05, 4.69) is 22.8 Å². The van der Waals surface area contributed by atoms with Crippen molar-refractivity contribution < 1.29 is 19.6 Å². The Morgan fingerprint density at radius 3 is 2.56 bits per heavy atom. The van der Waals surface area contributed by atoms with Gasteiger partial charge in [0.05, 0.1) is 18.4 Å². The number of carbonyl (C=O) groups is 2. The van der Waals surface area contributed by atoms with Crippen molar-refractivity contribution in [3.8, 4) is 0 Å². The Balaban J connectivity index is 1.71. The number of hydrogen-bond acceptors (Lipinski definition) is 4. The molecule has 1 aliphatic rings. The SMILES string of the molecule is CC(C)C[C@H](NC(=O)CC(NC(=O)C[C@@H]1CCCc2ccccc21)c1cccc(Cl)c1)B(O)O. The van der Waals surface area contributed by atoms with Gasteiger partial charge in [-0.2, -0.15) is 0 Å². The smallest absolute Gasteiger partial charge is 0.426 e. The summed E-state index contributed by atoms with van der Waals surface area (Å²) in [7, 11) is -1.66. The zero-order chi connectivity index (χ0) is 24.7. The molecule has 2 amide bonds. The normalized spacial score (nSPS) is 16.9. The third-order valence-electron chi connectivity index (χ3n) is 6.33. The van der Waals surface area contributed by atoms with Crippen LogP contribution in [-0.2, 0) is 16.0 Å². The lowest BCUT2D eigenvalue weighted by Crippen LogP contribution is -2.48. The van der Waals surface area contributed by atoms with Crippen LogP contribution in [0.3, 0.4) is 0 Å². The van der Waals surface area contributed by atoms with E-state index in [1.165, 1.54) is 11.1 Å². The molecule has 0 aliphatic heterocycles. The van der Waals surface area contributed by atoms with Gasteiger partial charge in [0, 0.05) is 11.4 Å². The number of carbonyl (C=O) groups excluding carboxylic acids is 2. The van der Waals surface area contributed by atoms with Crippen molar-refractivity contribution >= 4 is 30.5 Å². The molecule has 0 fully saturated rings. The van der Waals surface area contributed by atoms with Crippen LogP contribution in [0.2, 0.25) is 5.02 Å². The van der Waals surface area contributed by atoms with Crippen LogP contribution in [0.4, 0.5) is 0 Å². The second-order valence-corrected chi connectivity index (χ2v) is 10.0. The quantitative estimate of drug-likeness (QED) is 0.384. The molecular weight excluding hydrogens is 451 g/mol. The highest BCUT2D eigenvalue weighted by atomic mass is 35.5. The second kappa shape index (κ2) is 12.4. The van der Waals surface area contributed by atoms with Gasteiger partial charge < -0.3 is 20.7 Å². The van der Waals surface area contributed by atoms with Crippen molar-refractivity contribution in [1.82, 2.24) is 10.6 Å². The fraction of sp³-hybridized carbons (Fsp3) is 0.462. The van der Waals surface area contributed by atoms with E-state index in [-0.39, 0.29) is 30.1 Å². The van der Waals surface area contributed by atoms with E-state index in [4.69, 9.17) is 11.6 Å². The van der Waals surface area contributed by atoms with Gasteiger partial charge in [-0.15, -0.1) is 0 Å². The van der Waals surface area contributed by atoms with Crippen LogP contribution >= 0.6 is 11.6 Å². The summed E-state index contributed by atoms with van der Waals surface area (Å²) >= 11 is 6.18. The highest BCUT2D eigenvalue weighted by molar-refractivity contribution is 6.43. The zero-order valence-corrected chi connectivity index (χ0v) is 20.6. The van der Waals surface area contributed by atoms with Gasteiger partial charge in [-0.3, -0.25) is 9.59 Å². The second-order valence-electron chi connectivity index (χ2n) is 9.59. The molecule has 1 unspecified atom stereocenters. The standard InChI is InChI=1S/C26H34BClN2O4/c1-17(2)13-24(27(33)34)30-26(32)16-23(20-10-6-11-21(28)14-20)29-25(31)15-19-9-5-8-18-7-3-4-12-22(18)19/h3-4,6-7,10-12,14,17,19,23-24,33-34H,5,8-9,13,15-16H2,1-2H3,(H,29,31)(H,30,32)/t19-,23?,24-/m0/s1. The highest BCUT2D eigenvalue weighted by Crippen LogP contribution is 2.34. The number of fused-ring (bicyclic) bond motifs is 1. The molecule has 0 aromatic heterocycles. The van der Waals surface area contributed by atoms with Crippen LogP contribution in [0, 0.1) is 5.92 Å². The first-order valence-electron chi connectivity index (χ1n) is 12.0. The Labute approximate surface area is 207 Å². The van der Waals surface area contributed by atoms with Crippen LogP contribution in [0.5, 0.6) is 0 Å². The van der Waals surface area contributed by atoms with Gasteiger partial charge in [0.15, 0.2) is 0 Å². The first-order chi connectivity index (χ1) is 16.2. The van der Waals surface area contributed by atoms with Gasteiger partial charge >= 0.3 is 7.12 Å². The minimum Gasteiger partial charge on any atom is -0.426 e. The van der Waals surface area contributed by atoms with Gasteiger partial charge in [0.25, 0.3) is 0 Å². The number of halogens is 1. The minimum absolute atomic E-state index is 0.0331. The largest absolute Gasteiger partial charge is 0.475 e. The lowest BCUT2D eigenvalue weighted by molar-refractivity contribution is -0.124. The zero-order valence-electron chi connectivity index (χ0n) is 19.8. The summed E-state index contributed by atoms with van der Waals surface area (Å²) in [4.78, 5) is 25.9. The highest BCUT2D eigenvalue weighted by Gasteiger charge is 2.29. The van der Waals surface area contributed by atoms with E-state index in [0.717, 1.165) is 24.8 Å². The van der Waals surface area contributed by atoms with E-state index in [1.54, 1.807) is 18.2 Å². The molecule has 8 heteroatoms. The predicted molar refractivity (Wildman–Crippen MR) is 135 cm³/mol. The molecule has 34 heavy (non-hydrogen) atoms. The molecule has 2 aromatic rings. The van der Waals surface area contributed by atoms with E-state index >= 15 is 0 Å². The molecule has 4 N–H and O–H groups in total. The number of hydrogen-bond donors (Lipinski definition) is 4. The van der Waals surface area contributed by atoms with E-state index in [1.807, 2.05) is 32.0 Å². The van der Waals surface area contributed by atoms with Gasteiger partial charge in [0.1, 0.15) is 0 Å². The summed E-state index contributed by atoms with van der Waals surface area (Å²) in [5, 5.41) is 25.6. The lowest BCUT2D eigenvalue weighted by atomic mass is 9.75. The molecule has 3 rings (SSSR count). The number of aryl methyl sites for hydroxylation is 1. The van der Waals surface area contributed by atoms with Crippen LogP contribution in [0.25, 0.3) is 0 Å². The molecule has 6 nitrogen and oxygen atoms in total. The van der Waals surface area contributed by atoms with Crippen LogP contribution in [0.1, 0.15) is 74.6 Å². The molecule has 0 bridgehead atoms. The average Bonchev–Trinajstić information content (AvgIpc) is 2.78. The Bertz CT molecular complexity index is 985. The van der Waals surface area contributed by atoms with Crippen LogP contribution < -0.4 is 10.6 Å². The molecular formula is C26H34BClN2O4. The Hall–Kier alpha value is -2.35. The van der Waals surface area contributed by atoms with Gasteiger partial charge in [-0.1, -0.05) is 61.8 Å². The summed E-state index contributed by atoms with van der Waals surface area (Å²) in [6, 6.07) is 14.8. The van der Waals surface area contributed by atoms with Gasteiger partial charge in [0.2, 0.25) is 11.8 Å². The lowest BCUT2D eigenvalue weighted by Gasteiger charge is -2.27. The molecule has 0 heterocycles. The van der Waals surface area contributed by atoms with Crippen molar-refractivity contribution in [3.63, 3.8) is 0 Å². The molecule has 0 saturated heterocycles.